The fourth-order valence-corrected chi connectivity index (χ4v) is 2.50. The first-order valence-electron chi connectivity index (χ1n) is 6.72. The molecule has 1 saturated carbocycles. The van der Waals surface area contributed by atoms with Gasteiger partial charge >= 0.3 is 5.97 Å². The fraction of sp³-hybridized carbons (Fsp3) is 0.846. The molecule has 1 fully saturated rings. The predicted molar refractivity (Wildman–Crippen MR) is 69.0 cm³/mol. The summed E-state index contributed by atoms with van der Waals surface area (Å²) in [6, 6.07) is 0. The molecule has 0 heterocycles. The van der Waals surface area contributed by atoms with E-state index in [1.807, 2.05) is 6.92 Å². The number of hydrogen-bond donors (Lipinski definition) is 3. The summed E-state index contributed by atoms with van der Waals surface area (Å²) in [5.41, 5.74) is 5.79. The Kier molecular flexibility index (Phi) is 5.59. The number of carbonyl (C=O) groups excluding carboxylic acids is 1. The zero-order valence-electron chi connectivity index (χ0n) is 11.1. The number of carboxylic acid groups (broad SMARTS) is 1. The number of amides is 1. The maximum Gasteiger partial charge on any atom is 0.303 e. The summed E-state index contributed by atoms with van der Waals surface area (Å²) in [4.78, 5) is 22.4. The first kappa shape index (κ1) is 15.0. The van der Waals surface area contributed by atoms with Crippen LogP contribution in [0.1, 0.15) is 51.9 Å². The third-order valence-corrected chi connectivity index (χ3v) is 3.74. The van der Waals surface area contributed by atoms with E-state index in [0.29, 0.717) is 13.0 Å². The summed E-state index contributed by atoms with van der Waals surface area (Å²) < 4.78 is 0. The van der Waals surface area contributed by atoms with Gasteiger partial charge in [-0.25, -0.2) is 0 Å². The lowest BCUT2D eigenvalue weighted by Gasteiger charge is -2.23. The number of nitrogens with two attached hydrogens (primary N) is 1. The summed E-state index contributed by atoms with van der Waals surface area (Å²) in [5.74, 6) is -0.867. The minimum atomic E-state index is -0.817. The molecule has 0 bridgehead atoms. The maximum atomic E-state index is 11.8. The van der Waals surface area contributed by atoms with Crippen LogP contribution in [-0.4, -0.2) is 29.1 Å². The van der Waals surface area contributed by atoms with E-state index in [2.05, 4.69) is 5.32 Å². The quantitative estimate of drug-likeness (QED) is 0.639. The SMILES string of the molecule is CCC(CNC(=O)CC1(N)CCCC1)CC(=O)O. The largest absolute Gasteiger partial charge is 0.481 e. The first-order valence-corrected chi connectivity index (χ1v) is 6.72. The molecule has 0 radical (unpaired) electrons. The third kappa shape index (κ3) is 5.04. The molecule has 1 aliphatic rings. The van der Waals surface area contributed by atoms with Crippen LogP contribution in [0.15, 0.2) is 0 Å². The van der Waals surface area contributed by atoms with Crippen molar-refractivity contribution < 1.29 is 14.7 Å². The van der Waals surface area contributed by atoms with Crippen molar-refractivity contribution in [1.82, 2.24) is 5.32 Å². The molecule has 5 heteroatoms. The highest BCUT2D eigenvalue weighted by molar-refractivity contribution is 5.77. The molecule has 5 nitrogen and oxygen atoms in total. The van der Waals surface area contributed by atoms with Crippen LogP contribution in [0, 0.1) is 5.92 Å². The van der Waals surface area contributed by atoms with Crippen molar-refractivity contribution in [2.75, 3.05) is 6.54 Å². The van der Waals surface area contributed by atoms with Crippen molar-refractivity contribution in [1.29, 1.82) is 0 Å². The summed E-state index contributed by atoms with van der Waals surface area (Å²) >= 11 is 0. The Morgan fingerprint density at radius 3 is 2.50 bits per heavy atom. The Bertz CT molecular complexity index is 299. The number of hydrogen-bond acceptors (Lipinski definition) is 3. The van der Waals surface area contributed by atoms with Gasteiger partial charge in [0.2, 0.25) is 5.91 Å². The highest BCUT2D eigenvalue weighted by Crippen LogP contribution is 2.29. The average molecular weight is 256 g/mol. The van der Waals surface area contributed by atoms with Gasteiger partial charge in [0.1, 0.15) is 0 Å². The molecule has 1 aliphatic carbocycles. The molecule has 18 heavy (non-hydrogen) atoms. The first-order chi connectivity index (χ1) is 8.45. The van der Waals surface area contributed by atoms with E-state index in [4.69, 9.17) is 10.8 Å². The van der Waals surface area contributed by atoms with Gasteiger partial charge in [-0.2, -0.15) is 0 Å². The second kappa shape index (κ2) is 6.73. The van der Waals surface area contributed by atoms with E-state index in [9.17, 15) is 9.59 Å². The van der Waals surface area contributed by atoms with Crippen molar-refractivity contribution >= 4 is 11.9 Å². The average Bonchev–Trinajstić information content (AvgIpc) is 2.70. The Morgan fingerprint density at radius 2 is 2.00 bits per heavy atom. The van der Waals surface area contributed by atoms with Crippen molar-refractivity contribution in [3.63, 3.8) is 0 Å². The molecular weight excluding hydrogens is 232 g/mol. The summed E-state index contributed by atoms with van der Waals surface area (Å²) in [5, 5.41) is 11.5. The number of aliphatic carboxylic acids is 1. The number of nitrogens with one attached hydrogen (secondary N) is 1. The van der Waals surface area contributed by atoms with Crippen LogP contribution < -0.4 is 11.1 Å². The minimum absolute atomic E-state index is 0.00347. The molecule has 0 saturated heterocycles. The molecule has 0 aromatic rings. The maximum absolute atomic E-state index is 11.8. The highest BCUT2D eigenvalue weighted by Gasteiger charge is 2.31. The van der Waals surface area contributed by atoms with Gasteiger partial charge in [0.25, 0.3) is 0 Å². The van der Waals surface area contributed by atoms with Crippen LogP contribution in [0.2, 0.25) is 0 Å². The second-order valence-electron chi connectivity index (χ2n) is 5.42. The highest BCUT2D eigenvalue weighted by atomic mass is 16.4. The molecule has 1 atom stereocenters. The lowest BCUT2D eigenvalue weighted by molar-refractivity contribution is -0.138. The van der Waals surface area contributed by atoms with Gasteiger partial charge in [-0.05, 0) is 18.8 Å². The van der Waals surface area contributed by atoms with Crippen molar-refractivity contribution in [3.8, 4) is 0 Å². The molecular formula is C13H24N2O3. The Balaban J connectivity index is 2.29. The third-order valence-electron chi connectivity index (χ3n) is 3.74. The molecule has 1 unspecified atom stereocenters. The van der Waals surface area contributed by atoms with Crippen LogP contribution >= 0.6 is 0 Å². The van der Waals surface area contributed by atoms with Gasteiger partial charge in [0.15, 0.2) is 0 Å². The predicted octanol–water partition coefficient (Wildman–Crippen LogP) is 1.27. The van der Waals surface area contributed by atoms with Crippen molar-refractivity contribution in [2.24, 2.45) is 11.7 Å². The molecule has 0 aromatic heterocycles. The van der Waals surface area contributed by atoms with E-state index >= 15 is 0 Å². The second-order valence-corrected chi connectivity index (χ2v) is 5.42. The van der Waals surface area contributed by atoms with Crippen LogP contribution in [0.4, 0.5) is 0 Å². The summed E-state index contributed by atoms with van der Waals surface area (Å²) in [7, 11) is 0. The lowest BCUT2D eigenvalue weighted by Crippen LogP contribution is -2.43. The van der Waals surface area contributed by atoms with Crippen molar-refractivity contribution in [2.45, 2.75) is 57.4 Å². The molecule has 1 amide bonds. The van der Waals surface area contributed by atoms with E-state index in [-0.39, 0.29) is 23.8 Å². The summed E-state index contributed by atoms with van der Waals surface area (Å²) in [6.07, 6.45) is 5.22. The Labute approximate surface area is 108 Å². The molecule has 104 valence electrons. The van der Waals surface area contributed by atoms with Gasteiger partial charge in [0.05, 0.1) is 0 Å². The number of carboxylic acids is 1. The monoisotopic (exact) mass is 256 g/mol. The molecule has 1 rings (SSSR count). The van der Waals surface area contributed by atoms with Crippen LogP contribution in [-0.2, 0) is 9.59 Å². The Morgan fingerprint density at radius 1 is 1.39 bits per heavy atom. The van der Waals surface area contributed by atoms with Crippen molar-refractivity contribution in [3.05, 3.63) is 0 Å². The van der Waals surface area contributed by atoms with Gasteiger partial charge in [0, 0.05) is 24.9 Å². The summed E-state index contributed by atoms with van der Waals surface area (Å²) in [6.45, 7) is 2.36. The number of rotatable bonds is 7. The van der Waals surface area contributed by atoms with Gasteiger partial charge in [-0.3, -0.25) is 9.59 Å². The zero-order chi connectivity index (χ0) is 13.6. The van der Waals surface area contributed by atoms with E-state index in [0.717, 1.165) is 32.1 Å². The zero-order valence-corrected chi connectivity index (χ0v) is 11.1. The van der Waals surface area contributed by atoms with E-state index < -0.39 is 5.97 Å². The topological polar surface area (TPSA) is 92.4 Å². The van der Waals surface area contributed by atoms with Gasteiger partial charge in [-0.15, -0.1) is 0 Å². The van der Waals surface area contributed by atoms with E-state index in [1.54, 1.807) is 0 Å². The van der Waals surface area contributed by atoms with Gasteiger partial charge in [-0.1, -0.05) is 26.2 Å². The van der Waals surface area contributed by atoms with Crippen LogP contribution in [0.25, 0.3) is 0 Å². The van der Waals surface area contributed by atoms with E-state index in [1.165, 1.54) is 0 Å². The lowest BCUT2D eigenvalue weighted by atomic mass is 9.94. The standard InChI is InChI=1S/C13H24N2O3/c1-2-10(7-12(17)18)9-15-11(16)8-13(14)5-3-4-6-13/h10H,2-9,14H2,1H3,(H,15,16)(H,17,18). The van der Waals surface area contributed by atoms with Gasteiger partial charge < -0.3 is 16.2 Å². The van der Waals surface area contributed by atoms with Crippen LogP contribution in [0.5, 0.6) is 0 Å². The number of carbonyl (C=O) groups is 2. The molecule has 0 aromatic carbocycles. The normalized spacial score (nSPS) is 19.4. The smallest absolute Gasteiger partial charge is 0.303 e. The Hall–Kier alpha value is -1.10. The fourth-order valence-electron chi connectivity index (χ4n) is 2.50. The van der Waals surface area contributed by atoms with Crippen LogP contribution in [0.3, 0.4) is 0 Å². The molecule has 4 N–H and O–H groups in total. The minimum Gasteiger partial charge on any atom is -0.481 e. The molecule has 0 aliphatic heterocycles. The molecule has 0 spiro atoms.